The Bertz CT molecular complexity index is 1070. The minimum Gasteiger partial charge on any atom is -0.488 e. The molecule has 1 atom stereocenters. The van der Waals surface area contributed by atoms with Gasteiger partial charge in [-0.05, 0) is 24.1 Å². The molecule has 3 aromatic rings. The molecule has 0 bridgehead atoms. The number of hydrogen-bond donors (Lipinski definition) is 2. The lowest BCUT2D eigenvalue weighted by atomic mass is 10.1. The molecule has 1 aliphatic heterocycles. The van der Waals surface area contributed by atoms with Gasteiger partial charge in [-0.15, -0.1) is 11.3 Å². The molecule has 4 rings (SSSR count). The van der Waals surface area contributed by atoms with E-state index >= 15 is 0 Å². The number of hydrogen-bond acceptors (Lipinski definition) is 4. The Hall–Kier alpha value is -3.00. The van der Waals surface area contributed by atoms with E-state index in [4.69, 9.17) is 4.74 Å². The van der Waals surface area contributed by atoms with Crippen LogP contribution in [0.3, 0.4) is 0 Å². The highest BCUT2D eigenvalue weighted by atomic mass is 32.1. The van der Waals surface area contributed by atoms with E-state index in [2.05, 4.69) is 10.6 Å². The molecule has 0 spiro atoms. The summed E-state index contributed by atoms with van der Waals surface area (Å²) in [5.74, 6) is -0.271. The van der Waals surface area contributed by atoms with Gasteiger partial charge in [-0.3, -0.25) is 9.59 Å². The van der Waals surface area contributed by atoms with Gasteiger partial charge in [-0.25, -0.2) is 8.78 Å². The average Bonchev–Trinajstić information content (AvgIpc) is 3.35. The van der Waals surface area contributed by atoms with E-state index in [-0.39, 0.29) is 35.5 Å². The second kappa shape index (κ2) is 8.79. The molecule has 1 aromatic heterocycles. The SMILES string of the molecule is O=C1CCC(CNC(=O)c2c(C(F)F)sc3cccc(OCc4ccccc4)c23)N1. The van der Waals surface area contributed by atoms with Gasteiger partial charge in [0.25, 0.3) is 12.3 Å². The van der Waals surface area contributed by atoms with Gasteiger partial charge >= 0.3 is 0 Å². The van der Waals surface area contributed by atoms with Crippen LogP contribution in [-0.2, 0) is 11.4 Å². The maximum Gasteiger partial charge on any atom is 0.273 e. The van der Waals surface area contributed by atoms with Gasteiger partial charge in [0, 0.05) is 29.1 Å². The monoisotopic (exact) mass is 430 g/mol. The number of carbonyl (C=O) groups excluding carboxylic acids is 2. The molecule has 0 saturated carbocycles. The van der Waals surface area contributed by atoms with Crippen LogP contribution in [0.4, 0.5) is 8.78 Å². The van der Waals surface area contributed by atoms with Gasteiger partial charge in [0.15, 0.2) is 0 Å². The third-order valence-electron chi connectivity index (χ3n) is 4.96. The Labute approximate surface area is 176 Å². The number of alkyl halides is 2. The molecule has 30 heavy (non-hydrogen) atoms. The first-order chi connectivity index (χ1) is 14.5. The van der Waals surface area contributed by atoms with Crippen molar-refractivity contribution in [2.24, 2.45) is 0 Å². The summed E-state index contributed by atoms with van der Waals surface area (Å²) in [5, 5.41) is 5.85. The molecule has 0 aliphatic carbocycles. The highest BCUT2D eigenvalue weighted by Crippen LogP contribution is 2.42. The van der Waals surface area contributed by atoms with Crippen molar-refractivity contribution in [1.82, 2.24) is 10.6 Å². The Kier molecular flexibility index (Phi) is 5.94. The van der Waals surface area contributed by atoms with Crippen LogP contribution in [0.15, 0.2) is 48.5 Å². The van der Waals surface area contributed by atoms with Gasteiger partial charge in [-0.2, -0.15) is 0 Å². The summed E-state index contributed by atoms with van der Waals surface area (Å²) in [7, 11) is 0. The second-order valence-corrected chi connectivity index (χ2v) is 8.14. The summed E-state index contributed by atoms with van der Waals surface area (Å²) in [6.07, 6.45) is -1.77. The topological polar surface area (TPSA) is 67.4 Å². The minimum absolute atomic E-state index is 0.0574. The van der Waals surface area contributed by atoms with Crippen LogP contribution in [0.2, 0.25) is 0 Å². The Morgan fingerprint density at radius 1 is 1.20 bits per heavy atom. The van der Waals surface area contributed by atoms with Crippen LogP contribution in [0.5, 0.6) is 5.75 Å². The summed E-state index contributed by atoms with van der Waals surface area (Å²) < 4.78 is 33.9. The minimum atomic E-state index is -2.78. The van der Waals surface area contributed by atoms with Crippen molar-refractivity contribution < 1.29 is 23.1 Å². The number of carbonyl (C=O) groups is 2. The van der Waals surface area contributed by atoms with Crippen molar-refractivity contribution >= 4 is 33.2 Å². The number of thiophene rings is 1. The van der Waals surface area contributed by atoms with E-state index < -0.39 is 12.3 Å². The van der Waals surface area contributed by atoms with Crippen molar-refractivity contribution in [3.8, 4) is 5.75 Å². The van der Waals surface area contributed by atoms with Crippen molar-refractivity contribution in [3.63, 3.8) is 0 Å². The lowest BCUT2D eigenvalue weighted by Crippen LogP contribution is -2.38. The first kappa shape index (κ1) is 20.3. The number of halogens is 2. The largest absolute Gasteiger partial charge is 0.488 e. The molecule has 1 fully saturated rings. The molecule has 8 heteroatoms. The Balaban J connectivity index is 1.63. The molecule has 0 radical (unpaired) electrons. The standard InChI is InChI=1S/C22H20F2N2O3S/c23-21(24)20-19(22(28)25-11-14-9-10-17(27)26-14)18-15(7-4-8-16(18)30-20)29-12-13-5-2-1-3-6-13/h1-8,14,21H,9-12H2,(H,25,28)(H,26,27). The lowest BCUT2D eigenvalue weighted by Gasteiger charge is -2.13. The summed E-state index contributed by atoms with van der Waals surface area (Å²) >= 11 is 0.894. The van der Waals surface area contributed by atoms with Gasteiger partial charge in [0.1, 0.15) is 12.4 Å². The molecule has 1 unspecified atom stereocenters. The summed E-state index contributed by atoms with van der Waals surface area (Å²) in [6, 6.07) is 14.4. The van der Waals surface area contributed by atoms with E-state index in [9.17, 15) is 18.4 Å². The molecule has 2 amide bonds. The number of nitrogens with one attached hydrogen (secondary N) is 2. The number of rotatable bonds is 7. The van der Waals surface area contributed by atoms with E-state index in [1.165, 1.54) is 0 Å². The van der Waals surface area contributed by atoms with Gasteiger partial charge in [0.05, 0.1) is 10.4 Å². The molecule has 1 saturated heterocycles. The van der Waals surface area contributed by atoms with E-state index in [0.717, 1.165) is 16.9 Å². The molecular weight excluding hydrogens is 410 g/mol. The van der Waals surface area contributed by atoms with Crippen LogP contribution in [0, 0.1) is 0 Å². The number of benzene rings is 2. The molecule has 2 N–H and O–H groups in total. The highest BCUT2D eigenvalue weighted by Gasteiger charge is 2.28. The van der Waals surface area contributed by atoms with Gasteiger partial charge in [0.2, 0.25) is 5.91 Å². The molecule has 2 heterocycles. The van der Waals surface area contributed by atoms with Crippen LogP contribution in [0.25, 0.3) is 10.1 Å². The van der Waals surface area contributed by atoms with Crippen LogP contribution >= 0.6 is 11.3 Å². The zero-order chi connectivity index (χ0) is 21.1. The molecule has 1 aliphatic rings. The van der Waals surface area contributed by atoms with Crippen LogP contribution in [0.1, 0.15) is 40.1 Å². The summed E-state index contributed by atoms with van der Waals surface area (Å²) in [4.78, 5) is 24.0. The Morgan fingerprint density at radius 2 is 2.00 bits per heavy atom. The summed E-state index contributed by atoms with van der Waals surface area (Å²) in [6.45, 7) is 0.451. The van der Waals surface area contributed by atoms with Crippen molar-refractivity contribution in [3.05, 3.63) is 64.5 Å². The zero-order valence-electron chi connectivity index (χ0n) is 16.0. The lowest BCUT2D eigenvalue weighted by molar-refractivity contribution is -0.119. The predicted molar refractivity (Wildman–Crippen MR) is 111 cm³/mol. The number of amides is 2. The third kappa shape index (κ3) is 4.28. The Morgan fingerprint density at radius 3 is 2.70 bits per heavy atom. The summed E-state index contributed by atoms with van der Waals surface area (Å²) in [5.41, 5.74) is 0.875. The molecule has 156 valence electrons. The van der Waals surface area contributed by atoms with Crippen molar-refractivity contribution in [2.45, 2.75) is 31.9 Å². The predicted octanol–water partition coefficient (Wildman–Crippen LogP) is 4.43. The van der Waals surface area contributed by atoms with Gasteiger partial charge < -0.3 is 15.4 Å². The highest BCUT2D eigenvalue weighted by molar-refractivity contribution is 7.19. The first-order valence-electron chi connectivity index (χ1n) is 9.60. The van der Waals surface area contributed by atoms with Crippen LogP contribution in [-0.4, -0.2) is 24.4 Å². The fraction of sp³-hybridized carbons (Fsp3) is 0.273. The quantitative estimate of drug-likeness (QED) is 0.583. The third-order valence-corrected chi connectivity index (χ3v) is 6.12. The van der Waals surface area contributed by atoms with Crippen molar-refractivity contribution in [2.75, 3.05) is 6.54 Å². The van der Waals surface area contributed by atoms with E-state index in [0.29, 0.717) is 28.7 Å². The fourth-order valence-corrected chi connectivity index (χ4v) is 4.58. The normalized spacial score (nSPS) is 16.1. The molecule has 2 aromatic carbocycles. The van der Waals surface area contributed by atoms with E-state index in [1.54, 1.807) is 18.2 Å². The smallest absolute Gasteiger partial charge is 0.273 e. The van der Waals surface area contributed by atoms with Crippen molar-refractivity contribution in [1.29, 1.82) is 0 Å². The molecular formula is C22H20F2N2O3S. The fourth-order valence-electron chi connectivity index (χ4n) is 3.50. The zero-order valence-corrected chi connectivity index (χ0v) is 16.8. The molecule has 5 nitrogen and oxygen atoms in total. The van der Waals surface area contributed by atoms with Gasteiger partial charge in [-0.1, -0.05) is 36.4 Å². The number of fused-ring (bicyclic) bond motifs is 1. The average molecular weight is 430 g/mol. The van der Waals surface area contributed by atoms with E-state index in [1.807, 2.05) is 30.3 Å². The maximum atomic E-state index is 13.7. The first-order valence-corrected chi connectivity index (χ1v) is 10.4. The maximum absolute atomic E-state index is 13.7. The second-order valence-electron chi connectivity index (χ2n) is 7.06. The number of ether oxygens (including phenoxy) is 1. The van der Waals surface area contributed by atoms with Crippen LogP contribution < -0.4 is 15.4 Å².